The lowest BCUT2D eigenvalue weighted by molar-refractivity contribution is 0.0941. The first-order valence-corrected chi connectivity index (χ1v) is 7.76. The molecule has 0 radical (unpaired) electrons. The van der Waals surface area contributed by atoms with Gasteiger partial charge >= 0.3 is 0 Å². The number of nitrogens with zero attached hydrogens (tertiary/aromatic N) is 2. The molecule has 2 N–H and O–H groups in total. The molecule has 0 bridgehead atoms. The molecule has 0 aliphatic carbocycles. The molecule has 7 nitrogen and oxygen atoms in total. The summed E-state index contributed by atoms with van der Waals surface area (Å²) in [6.45, 7) is 3.85. The molecule has 0 saturated carbocycles. The minimum atomic E-state index is -0.826. The van der Waals surface area contributed by atoms with E-state index in [0.29, 0.717) is 12.6 Å². The number of hydrogen-bond acceptors (Lipinski definition) is 5. The normalized spacial score (nSPS) is 10.8. The van der Waals surface area contributed by atoms with Crippen LogP contribution in [-0.4, -0.2) is 21.3 Å². The molecular formula is C17H16F2N4O3. The maximum atomic E-state index is 13.5. The van der Waals surface area contributed by atoms with Crippen molar-refractivity contribution in [1.29, 1.82) is 0 Å². The summed E-state index contributed by atoms with van der Waals surface area (Å²) in [6.07, 6.45) is 0. The molecule has 1 aromatic carbocycles. The van der Waals surface area contributed by atoms with E-state index in [1.165, 1.54) is 12.1 Å². The van der Waals surface area contributed by atoms with E-state index >= 15 is 0 Å². The van der Waals surface area contributed by atoms with Crippen LogP contribution in [0.1, 0.15) is 33.2 Å². The van der Waals surface area contributed by atoms with Gasteiger partial charge in [-0.25, -0.2) is 8.78 Å². The van der Waals surface area contributed by atoms with Crippen molar-refractivity contribution in [2.45, 2.75) is 27.0 Å². The average molecular weight is 362 g/mol. The van der Waals surface area contributed by atoms with Gasteiger partial charge in [-0.2, -0.15) is 5.10 Å². The number of halogens is 2. The number of rotatable bonds is 6. The van der Waals surface area contributed by atoms with Crippen molar-refractivity contribution in [2.75, 3.05) is 0 Å². The summed E-state index contributed by atoms with van der Waals surface area (Å²) >= 11 is 0. The van der Waals surface area contributed by atoms with E-state index in [1.54, 1.807) is 0 Å². The SMILES string of the molecule is Cc1n[nH]c(C)c1CNC(=O)c1cc(COc2ccc(F)cc2F)on1. The predicted octanol–water partition coefficient (Wildman–Crippen LogP) is 2.80. The number of H-pyrrole nitrogens is 1. The van der Waals surface area contributed by atoms with Crippen LogP contribution in [0.25, 0.3) is 0 Å². The first kappa shape index (κ1) is 17.6. The number of aromatic amines is 1. The Kier molecular flexibility index (Phi) is 4.97. The van der Waals surface area contributed by atoms with Crippen LogP contribution in [-0.2, 0) is 13.2 Å². The molecule has 0 aliphatic rings. The summed E-state index contributed by atoms with van der Waals surface area (Å²) in [4.78, 5) is 12.1. The lowest BCUT2D eigenvalue weighted by atomic mass is 10.2. The number of hydrogen-bond donors (Lipinski definition) is 2. The second-order valence-corrected chi connectivity index (χ2v) is 5.64. The number of carbonyl (C=O) groups excluding carboxylic acids is 1. The number of nitrogens with one attached hydrogen (secondary N) is 2. The van der Waals surface area contributed by atoms with Crippen LogP contribution in [0.3, 0.4) is 0 Å². The quantitative estimate of drug-likeness (QED) is 0.703. The molecule has 3 aromatic rings. The van der Waals surface area contributed by atoms with Gasteiger partial charge in [0, 0.05) is 29.9 Å². The molecule has 0 aliphatic heterocycles. The fraction of sp³-hybridized carbons (Fsp3) is 0.235. The summed E-state index contributed by atoms with van der Waals surface area (Å²) < 4.78 is 36.6. The molecule has 0 atom stereocenters. The summed E-state index contributed by atoms with van der Waals surface area (Å²) in [5.74, 6) is -1.84. The van der Waals surface area contributed by atoms with Crippen molar-refractivity contribution in [3.63, 3.8) is 0 Å². The molecule has 26 heavy (non-hydrogen) atoms. The molecule has 3 rings (SSSR count). The second kappa shape index (κ2) is 7.34. The third-order valence-corrected chi connectivity index (χ3v) is 3.76. The van der Waals surface area contributed by atoms with Gasteiger partial charge in [-0.1, -0.05) is 5.16 Å². The first-order chi connectivity index (χ1) is 12.4. The van der Waals surface area contributed by atoms with E-state index in [9.17, 15) is 13.6 Å². The van der Waals surface area contributed by atoms with E-state index < -0.39 is 17.5 Å². The zero-order valence-corrected chi connectivity index (χ0v) is 14.1. The van der Waals surface area contributed by atoms with Gasteiger partial charge in [-0.3, -0.25) is 9.89 Å². The highest BCUT2D eigenvalue weighted by Gasteiger charge is 2.15. The first-order valence-electron chi connectivity index (χ1n) is 7.76. The minimum Gasteiger partial charge on any atom is -0.482 e. The minimum absolute atomic E-state index is 0.0713. The molecule has 9 heteroatoms. The summed E-state index contributed by atoms with van der Waals surface area (Å²) in [6, 6.07) is 4.36. The van der Waals surface area contributed by atoms with Crippen LogP contribution >= 0.6 is 0 Å². The van der Waals surface area contributed by atoms with Gasteiger partial charge in [0.05, 0.1) is 5.69 Å². The Labute approximate surface area is 147 Å². The van der Waals surface area contributed by atoms with Crippen LogP contribution in [0.2, 0.25) is 0 Å². The fourth-order valence-corrected chi connectivity index (χ4v) is 2.32. The van der Waals surface area contributed by atoms with Crippen LogP contribution in [0.15, 0.2) is 28.8 Å². The Morgan fingerprint density at radius 3 is 2.81 bits per heavy atom. The summed E-state index contributed by atoms with van der Waals surface area (Å²) in [5, 5.41) is 13.3. The molecule has 136 valence electrons. The maximum Gasteiger partial charge on any atom is 0.273 e. The molecule has 2 heterocycles. The molecule has 2 aromatic heterocycles. The topological polar surface area (TPSA) is 93.0 Å². The number of amides is 1. The lowest BCUT2D eigenvalue weighted by Crippen LogP contribution is -2.23. The summed E-state index contributed by atoms with van der Waals surface area (Å²) in [5.41, 5.74) is 2.65. The van der Waals surface area contributed by atoms with Gasteiger partial charge < -0.3 is 14.6 Å². The van der Waals surface area contributed by atoms with Crippen LogP contribution in [0, 0.1) is 25.5 Å². The second-order valence-electron chi connectivity index (χ2n) is 5.64. The van der Waals surface area contributed by atoms with Gasteiger partial charge in [0.2, 0.25) is 0 Å². The number of aryl methyl sites for hydroxylation is 2. The van der Waals surface area contributed by atoms with Gasteiger partial charge in [0.15, 0.2) is 23.0 Å². The third-order valence-electron chi connectivity index (χ3n) is 3.76. The van der Waals surface area contributed by atoms with Gasteiger partial charge in [0.25, 0.3) is 5.91 Å². The molecular weight excluding hydrogens is 346 g/mol. The third kappa shape index (κ3) is 3.88. The van der Waals surface area contributed by atoms with Gasteiger partial charge in [0.1, 0.15) is 12.4 Å². The molecule has 0 unspecified atom stereocenters. The average Bonchev–Trinajstić information content (AvgIpc) is 3.19. The van der Waals surface area contributed by atoms with E-state index in [0.717, 1.165) is 23.0 Å². The highest BCUT2D eigenvalue weighted by atomic mass is 19.1. The highest BCUT2D eigenvalue weighted by Crippen LogP contribution is 2.19. The number of benzene rings is 1. The zero-order valence-electron chi connectivity index (χ0n) is 14.1. The largest absolute Gasteiger partial charge is 0.482 e. The predicted molar refractivity (Wildman–Crippen MR) is 86.4 cm³/mol. The highest BCUT2D eigenvalue weighted by molar-refractivity contribution is 5.92. The Balaban J connectivity index is 1.57. The van der Waals surface area contributed by atoms with Crippen LogP contribution < -0.4 is 10.1 Å². The fourth-order valence-electron chi connectivity index (χ4n) is 2.32. The van der Waals surface area contributed by atoms with Crippen LogP contribution in [0.4, 0.5) is 8.78 Å². The molecule has 0 fully saturated rings. The van der Waals surface area contributed by atoms with Crippen molar-refractivity contribution < 1.29 is 22.8 Å². The molecule has 0 spiro atoms. The zero-order chi connectivity index (χ0) is 18.7. The van der Waals surface area contributed by atoms with E-state index in [-0.39, 0.29) is 23.8 Å². The van der Waals surface area contributed by atoms with Crippen molar-refractivity contribution in [2.24, 2.45) is 0 Å². The molecule has 1 amide bonds. The summed E-state index contributed by atoms with van der Waals surface area (Å²) in [7, 11) is 0. The number of aromatic nitrogens is 3. The monoisotopic (exact) mass is 362 g/mol. The lowest BCUT2D eigenvalue weighted by Gasteiger charge is -2.04. The van der Waals surface area contributed by atoms with Gasteiger partial charge in [-0.15, -0.1) is 0 Å². The number of carbonyl (C=O) groups is 1. The van der Waals surface area contributed by atoms with Crippen LogP contribution in [0.5, 0.6) is 5.75 Å². The van der Waals surface area contributed by atoms with Gasteiger partial charge in [-0.05, 0) is 26.0 Å². The standard InChI is InChI=1S/C17H16F2N4O3/c1-9-13(10(2)22-21-9)7-20-17(24)15-6-12(26-23-15)8-25-16-4-3-11(18)5-14(16)19/h3-6H,7-8H2,1-2H3,(H,20,24)(H,21,22). The Morgan fingerprint density at radius 2 is 2.12 bits per heavy atom. The smallest absolute Gasteiger partial charge is 0.273 e. The van der Waals surface area contributed by atoms with E-state index in [1.807, 2.05) is 13.8 Å². The van der Waals surface area contributed by atoms with Crippen molar-refractivity contribution in [1.82, 2.24) is 20.7 Å². The molecule has 0 saturated heterocycles. The maximum absolute atomic E-state index is 13.5. The van der Waals surface area contributed by atoms with Crippen molar-refractivity contribution in [3.05, 3.63) is 64.3 Å². The Bertz CT molecular complexity index is 916. The Hall–Kier alpha value is -3.23. The Morgan fingerprint density at radius 1 is 1.31 bits per heavy atom. The van der Waals surface area contributed by atoms with Crippen molar-refractivity contribution in [3.8, 4) is 5.75 Å². The van der Waals surface area contributed by atoms with Crippen molar-refractivity contribution >= 4 is 5.91 Å². The van der Waals surface area contributed by atoms with E-state index in [4.69, 9.17) is 9.26 Å². The number of ether oxygens (including phenoxy) is 1. The van der Waals surface area contributed by atoms with E-state index in [2.05, 4.69) is 20.7 Å².